The van der Waals surface area contributed by atoms with Crippen LogP contribution in [0.4, 0.5) is 0 Å². The van der Waals surface area contributed by atoms with Crippen LogP contribution in [0, 0.1) is 0 Å². The number of fused-ring (bicyclic) bond motifs is 1. The van der Waals surface area contributed by atoms with Gasteiger partial charge in [-0.25, -0.2) is 0 Å². The molecule has 39 heavy (non-hydrogen) atoms. The van der Waals surface area contributed by atoms with Gasteiger partial charge in [-0.1, -0.05) is 48.5 Å². The molecule has 214 valence electrons. The summed E-state index contributed by atoms with van der Waals surface area (Å²) in [4.78, 5) is 0. The molecule has 2 saturated heterocycles. The minimum Gasteiger partial charge on any atom is -0.497 e. The van der Waals surface area contributed by atoms with E-state index >= 15 is 0 Å². The Hall–Kier alpha value is -2.26. The summed E-state index contributed by atoms with van der Waals surface area (Å²) in [6, 6.07) is 18.2. The van der Waals surface area contributed by atoms with E-state index in [9.17, 15) is 0 Å². The molecule has 0 bridgehead atoms. The Morgan fingerprint density at radius 3 is 2.36 bits per heavy atom. The Kier molecular flexibility index (Phi) is 10.6. The van der Waals surface area contributed by atoms with Crippen molar-refractivity contribution in [3.8, 4) is 5.75 Å². The lowest BCUT2D eigenvalue weighted by Gasteiger charge is -2.57. The average molecular weight is 541 g/mol. The minimum absolute atomic E-state index is 0.0276. The van der Waals surface area contributed by atoms with Crippen LogP contribution in [0.25, 0.3) is 0 Å². The molecule has 2 aromatic carbocycles. The number of methoxy groups -OCH3 is 2. The van der Waals surface area contributed by atoms with Crippen molar-refractivity contribution in [3.63, 3.8) is 0 Å². The second-order valence-corrected chi connectivity index (χ2v) is 10.7. The molecule has 1 unspecified atom stereocenters. The van der Waals surface area contributed by atoms with Gasteiger partial charge in [-0.3, -0.25) is 0 Å². The third-order valence-corrected chi connectivity index (χ3v) is 7.91. The summed E-state index contributed by atoms with van der Waals surface area (Å²) in [6.45, 7) is 9.98. The van der Waals surface area contributed by atoms with Crippen LogP contribution in [0.3, 0.4) is 0 Å². The quantitative estimate of drug-likeness (QED) is 0.220. The molecule has 2 aromatic rings. The molecule has 2 heterocycles. The van der Waals surface area contributed by atoms with Crippen LogP contribution in [-0.4, -0.2) is 63.2 Å². The van der Waals surface area contributed by atoms with Crippen molar-refractivity contribution in [2.24, 2.45) is 0 Å². The maximum Gasteiger partial charge on any atom is 0.192 e. The van der Waals surface area contributed by atoms with Gasteiger partial charge in [0.15, 0.2) is 5.79 Å². The van der Waals surface area contributed by atoms with E-state index < -0.39 is 11.4 Å². The number of ether oxygens (including phenoxy) is 7. The van der Waals surface area contributed by atoms with E-state index in [-0.39, 0.29) is 24.4 Å². The third kappa shape index (κ3) is 7.48. The first-order chi connectivity index (χ1) is 18.9. The van der Waals surface area contributed by atoms with E-state index in [0.29, 0.717) is 32.8 Å². The van der Waals surface area contributed by atoms with E-state index in [1.54, 1.807) is 20.3 Å². The number of benzene rings is 2. The van der Waals surface area contributed by atoms with Gasteiger partial charge in [-0.2, -0.15) is 0 Å². The molecule has 2 fully saturated rings. The molecule has 0 N–H and O–H groups in total. The van der Waals surface area contributed by atoms with E-state index in [4.69, 9.17) is 33.2 Å². The molecule has 7 nitrogen and oxygen atoms in total. The van der Waals surface area contributed by atoms with Crippen molar-refractivity contribution >= 4 is 0 Å². The summed E-state index contributed by atoms with van der Waals surface area (Å²) in [6.07, 6.45) is 4.21. The first kappa shape index (κ1) is 29.7. The number of hydrogen-bond donors (Lipinski definition) is 0. The molecule has 2 aliphatic rings. The zero-order valence-corrected chi connectivity index (χ0v) is 23.8. The van der Waals surface area contributed by atoms with E-state index in [1.807, 2.05) is 49.4 Å². The highest BCUT2D eigenvalue weighted by atomic mass is 16.7. The maximum atomic E-state index is 6.73. The molecule has 6 atom stereocenters. The normalized spacial score (nSPS) is 30.5. The van der Waals surface area contributed by atoms with Crippen molar-refractivity contribution in [1.29, 1.82) is 0 Å². The maximum absolute atomic E-state index is 6.73. The predicted molar refractivity (Wildman–Crippen MR) is 150 cm³/mol. The third-order valence-electron chi connectivity index (χ3n) is 7.91. The fourth-order valence-electron chi connectivity index (χ4n) is 5.53. The van der Waals surface area contributed by atoms with E-state index in [2.05, 4.69) is 25.6 Å². The Morgan fingerprint density at radius 1 is 0.923 bits per heavy atom. The molecule has 0 radical (unpaired) electrons. The molecule has 0 spiro atoms. The summed E-state index contributed by atoms with van der Waals surface area (Å²) in [5.41, 5.74) is 1.55. The van der Waals surface area contributed by atoms with Gasteiger partial charge in [0, 0.05) is 26.6 Å². The largest absolute Gasteiger partial charge is 0.497 e. The fourth-order valence-corrected chi connectivity index (χ4v) is 5.53. The molecule has 0 amide bonds. The topological polar surface area (TPSA) is 64.6 Å². The first-order valence-electron chi connectivity index (χ1n) is 13.9. The zero-order valence-electron chi connectivity index (χ0n) is 23.8. The van der Waals surface area contributed by atoms with Crippen LogP contribution in [0.2, 0.25) is 0 Å². The first-order valence-corrected chi connectivity index (χ1v) is 13.9. The van der Waals surface area contributed by atoms with E-state index in [0.717, 1.165) is 30.6 Å². The van der Waals surface area contributed by atoms with Crippen molar-refractivity contribution in [2.75, 3.05) is 27.4 Å². The average Bonchev–Trinajstić information content (AvgIpc) is 2.96. The summed E-state index contributed by atoms with van der Waals surface area (Å²) in [5, 5.41) is 0. The van der Waals surface area contributed by atoms with Crippen molar-refractivity contribution in [2.45, 2.75) is 88.5 Å². The van der Waals surface area contributed by atoms with Gasteiger partial charge in [0.2, 0.25) is 0 Å². The summed E-state index contributed by atoms with van der Waals surface area (Å²) >= 11 is 0. The highest BCUT2D eigenvalue weighted by molar-refractivity contribution is 5.26. The smallest absolute Gasteiger partial charge is 0.192 e. The molecule has 0 aromatic heterocycles. The Labute approximate surface area is 233 Å². The number of hydrogen-bond acceptors (Lipinski definition) is 7. The summed E-state index contributed by atoms with van der Waals surface area (Å²) in [7, 11) is 3.32. The van der Waals surface area contributed by atoms with Gasteiger partial charge in [-0.05, 0) is 49.9 Å². The van der Waals surface area contributed by atoms with Crippen LogP contribution in [0.5, 0.6) is 5.75 Å². The van der Waals surface area contributed by atoms with Gasteiger partial charge in [0.1, 0.15) is 17.5 Å². The van der Waals surface area contributed by atoms with Gasteiger partial charge >= 0.3 is 0 Å². The Balaban J connectivity index is 1.43. The lowest BCUT2D eigenvalue weighted by molar-refractivity contribution is -0.393. The molecule has 4 rings (SSSR count). The minimum atomic E-state index is -0.933. The summed E-state index contributed by atoms with van der Waals surface area (Å²) in [5.74, 6) is -0.110. The fraction of sp³-hybridized carbons (Fsp3) is 0.562. The van der Waals surface area contributed by atoms with Crippen LogP contribution < -0.4 is 4.74 Å². The van der Waals surface area contributed by atoms with Crippen LogP contribution >= 0.6 is 0 Å². The predicted octanol–water partition coefficient (Wildman–Crippen LogP) is 5.85. The van der Waals surface area contributed by atoms with Gasteiger partial charge in [0.05, 0.1) is 45.2 Å². The molecule has 0 saturated carbocycles. The molecule has 0 aliphatic carbocycles. The van der Waals surface area contributed by atoms with Gasteiger partial charge in [0.25, 0.3) is 0 Å². The monoisotopic (exact) mass is 540 g/mol. The van der Waals surface area contributed by atoms with Crippen molar-refractivity contribution in [3.05, 3.63) is 78.4 Å². The molecular formula is C32H44O7. The standard InChI is InChI=1S/C32H44O7/c1-6-18-36-30-21-29-31(2,39-32(30,3)34-5)28(37-23-25-14-16-26(33-4)17-15-25)20-27(38-29)13-10-19-35-22-24-11-8-7-9-12-24/h6-9,11-12,14-17,27-30H,1,10,13,18-23H2,2-5H3/t27-,28+,29+,30+,31-,32?/m0/s1. The number of rotatable bonds is 14. The second-order valence-electron chi connectivity index (χ2n) is 10.7. The van der Waals surface area contributed by atoms with Crippen molar-refractivity contribution in [1.82, 2.24) is 0 Å². The van der Waals surface area contributed by atoms with Crippen LogP contribution in [0.1, 0.15) is 50.7 Å². The lowest BCUT2D eigenvalue weighted by atomic mass is 9.78. The molecule has 7 heteroatoms. The highest BCUT2D eigenvalue weighted by Gasteiger charge is 2.59. The zero-order chi connectivity index (χ0) is 27.7. The van der Waals surface area contributed by atoms with Crippen molar-refractivity contribution < 1.29 is 33.2 Å². The molecule has 2 aliphatic heterocycles. The Morgan fingerprint density at radius 2 is 1.67 bits per heavy atom. The van der Waals surface area contributed by atoms with Gasteiger partial charge in [-0.15, -0.1) is 6.58 Å². The SMILES string of the molecule is C=CCO[C@@H]1C[C@H]2O[C@@H](CCCOCc3ccccc3)C[C@@H](OCc3ccc(OC)cc3)[C@]2(C)OC1(C)OC. The highest BCUT2D eigenvalue weighted by Crippen LogP contribution is 2.46. The van der Waals surface area contributed by atoms with E-state index in [1.165, 1.54) is 5.56 Å². The molecular weight excluding hydrogens is 496 g/mol. The Bertz CT molecular complexity index is 1010. The van der Waals surface area contributed by atoms with Crippen LogP contribution in [-0.2, 0) is 41.6 Å². The second kappa shape index (κ2) is 13.9. The van der Waals surface area contributed by atoms with Crippen LogP contribution in [0.15, 0.2) is 67.3 Å². The summed E-state index contributed by atoms with van der Waals surface area (Å²) < 4.78 is 43.2. The van der Waals surface area contributed by atoms with Gasteiger partial charge < -0.3 is 33.2 Å². The lowest BCUT2D eigenvalue weighted by Crippen LogP contribution is -2.69.